The normalized spacial score (nSPS) is 17.0. The van der Waals surface area contributed by atoms with Crippen molar-refractivity contribution in [3.05, 3.63) is 77.2 Å². The van der Waals surface area contributed by atoms with Crippen LogP contribution < -0.4 is 0 Å². The van der Waals surface area contributed by atoms with E-state index in [2.05, 4.69) is 4.36 Å². The Kier molecular flexibility index (Phi) is 6.57. The molecule has 2 aromatic carbocycles. The van der Waals surface area contributed by atoms with Gasteiger partial charge in [-0.3, -0.25) is 0 Å². The van der Waals surface area contributed by atoms with E-state index in [0.29, 0.717) is 4.90 Å². The van der Waals surface area contributed by atoms with Crippen molar-refractivity contribution in [1.82, 2.24) is 0 Å². The van der Waals surface area contributed by atoms with Gasteiger partial charge in [0, 0.05) is 18.4 Å². The maximum atomic E-state index is 13.4. The van der Waals surface area contributed by atoms with Crippen LogP contribution in [0.2, 0.25) is 0 Å². The van der Waals surface area contributed by atoms with Crippen LogP contribution in [0.25, 0.3) is 0 Å². The Bertz CT molecular complexity index is 819. The molecule has 4 heteroatoms. The van der Waals surface area contributed by atoms with Gasteiger partial charge in [0.2, 0.25) is 0 Å². The highest BCUT2D eigenvalue weighted by Crippen LogP contribution is 2.33. The van der Waals surface area contributed by atoms with Crippen molar-refractivity contribution < 1.29 is 9.32 Å². The zero-order valence-corrected chi connectivity index (χ0v) is 16.1. The molecular weight excluding hydrogens is 330 g/mol. The Morgan fingerprint density at radius 2 is 1.56 bits per heavy atom. The molecule has 3 atom stereocenters. The molecule has 0 heterocycles. The number of aliphatic hydroxyl groups is 1. The Hall–Kier alpha value is -1.91. The van der Waals surface area contributed by atoms with Gasteiger partial charge in [0.1, 0.15) is 0 Å². The number of rotatable bonds is 6. The van der Waals surface area contributed by atoms with Crippen LogP contribution in [0.15, 0.2) is 80.9 Å². The molecule has 0 aromatic heterocycles. The highest BCUT2D eigenvalue weighted by molar-refractivity contribution is 7.96. The molecule has 0 aliphatic carbocycles. The van der Waals surface area contributed by atoms with Gasteiger partial charge in [0.15, 0.2) is 0 Å². The summed E-state index contributed by atoms with van der Waals surface area (Å²) in [4.78, 5) is 0.683. The molecular formula is C21H27NO2S. The molecule has 1 unspecified atom stereocenters. The van der Waals surface area contributed by atoms with E-state index in [1.165, 1.54) is 0 Å². The average Bonchev–Trinajstić information content (AvgIpc) is 2.63. The molecule has 0 aliphatic heterocycles. The quantitative estimate of drug-likeness (QED) is 0.803. The van der Waals surface area contributed by atoms with E-state index in [1.54, 1.807) is 12.5 Å². The van der Waals surface area contributed by atoms with E-state index in [-0.39, 0.29) is 11.8 Å². The molecule has 0 saturated carbocycles. The van der Waals surface area contributed by atoms with Crippen LogP contribution in [0.3, 0.4) is 0 Å². The second-order valence-corrected chi connectivity index (χ2v) is 8.76. The van der Waals surface area contributed by atoms with Crippen molar-refractivity contribution in [2.45, 2.75) is 37.7 Å². The predicted molar refractivity (Wildman–Crippen MR) is 105 cm³/mol. The summed E-state index contributed by atoms with van der Waals surface area (Å²) in [5.41, 5.74) is 1.88. The monoisotopic (exact) mass is 357 g/mol. The van der Waals surface area contributed by atoms with Crippen LogP contribution in [0.5, 0.6) is 0 Å². The Morgan fingerprint density at radius 3 is 2.04 bits per heavy atom. The number of hydrogen-bond acceptors (Lipinski definition) is 3. The first-order valence-corrected chi connectivity index (χ1v) is 10.1. The van der Waals surface area contributed by atoms with E-state index >= 15 is 0 Å². The highest BCUT2D eigenvalue weighted by Gasteiger charge is 2.26. The third-order valence-electron chi connectivity index (χ3n) is 4.37. The molecule has 3 nitrogen and oxygen atoms in total. The van der Waals surface area contributed by atoms with E-state index in [9.17, 15) is 9.32 Å². The summed E-state index contributed by atoms with van der Waals surface area (Å²) >= 11 is 0. The van der Waals surface area contributed by atoms with E-state index in [1.807, 2.05) is 81.4 Å². The van der Waals surface area contributed by atoms with Gasteiger partial charge in [0.05, 0.1) is 20.7 Å². The molecule has 0 saturated heterocycles. The minimum atomic E-state index is -2.67. The van der Waals surface area contributed by atoms with E-state index < -0.39 is 15.8 Å². The van der Waals surface area contributed by atoms with Crippen LogP contribution in [-0.4, -0.2) is 22.5 Å². The summed E-state index contributed by atoms with van der Waals surface area (Å²) in [5, 5.41) is 12.5. The summed E-state index contributed by atoms with van der Waals surface area (Å²) in [6, 6.07) is 19.2. The van der Waals surface area contributed by atoms with Gasteiger partial charge in [-0.05, 0) is 30.5 Å². The molecule has 0 amide bonds. The first-order valence-electron chi connectivity index (χ1n) is 8.50. The first kappa shape index (κ1) is 19.4. The predicted octanol–water partition coefficient (Wildman–Crippen LogP) is 4.85. The smallest absolute Gasteiger partial charge is 0.0966 e. The highest BCUT2D eigenvalue weighted by atomic mass is 32.2. The molecule has 0 fully saturated rings. The van der Waals surface area contributed by atoms with Crippen LogP contribution in [0, 0.1) is 5.92 Å². The molecule has 2 aromatic rings. The van der Waals surface area contributed by atoms with Gasteiger partial charge in [0.25, 0.3) is 0 Å². The van der Waals surface area contributed by atoms with Gasteiger partial charge in [-0.25, -0.2) is 8.57 Å². The zero-order valence-electron chi connectivity index (χ0n) is 15.3. The second kappa shape index (κ2) is 8.45. The molecule has 0 bridgehead atoms. The standard InChI is InChI=1S/C21H27NO2S/c1-16(2)21(23)20(18-11-7-5-8-12-18)17(3)15-25(24,22-4)19-13-9-6-10-14-19/h5-16,20-21,23H,1-4H3/b17-15-/t20-,21-,25?/m0/s1. The second-order valence-electron chi connectivity index (χ2n) is 6.55. The fourth-order valence-corrected chi connectivity index (χ4v) is 4.59. The van der Waals surface area contributed by atoms with Gasteiger partial charge in [-0.2, -0.15) is 0 Å². The summed E-state index contributed by atoms with van der Waals surface area (Å²) in [5.74, 6) is -0.132. The molecule has 0 spiro atoms. The summed E-state index contributed by atoms with van der Waals surface area (Å²) in [6.45, 7) is 5.91. The minimum Gasteiger partial charge on any atom is -0.392 e. The zero-order chi connectivity index (χ0) is 18.4. The summed E-state index contributed by atoms with van der Waals surface area (Å²) in [7, 11) is -1.09. The lowest BCUT2D eigenvalue weighted by Gasteiger charge is -2.27. The Labute approximate surface area is 151 Å². The van der Waals surface area contributed by atoms with Gasteiger partial charge >= 0.3 is 0 Å². The third kappa shape index (κ3) is 4.59. The third-order valence-corrected chi connectivity index (χ3v) is 6.55. The molecule has 2 rings (SSSR count). The van der Waals surface area contributed by atoms with E-state index in [0.717, 1.165) is 11.1 Å². The lowest BCUT2D eigenvalue weighted by Crippen LogP contribution is -2.25. The van der Waals surface area contributed by atoms with Crippen molar-refractivity contribution in [3.63, 3.8) is 0 Å². The largest absolute Gasteiger partial charge is 0.392 e. The lowest BCUT2D eigenvalue weighted by molar-refractivity contribution is 0.107. The molecule has 1 N–H and O–H groups in total. The molecule has 134 valence electrons. The SMILES string of the molecule is CN=S(=O)(/C=C(/C)[C@@H](c1ccccc1)[C@@H](O)C(C)C)c1ccccc1. The van der Waals surface area contributed by atoms with Gasteiger partial charge in [-0.1, -0.05) is 68.0 Å². The lowest BCUT2D eigenvalue weighted by atomic mass is 9.83. The topological polar surface area (TPSA) is 49.7 Å². The molecule has 0 radical (unpaired) electrons. The van der Waals surface area contributed by atoms with Crippen LogP contribution in [0.4, 0.5) is 0 Å². The van der Waals surface area contributed by atoms with Gasteiger partial charge < -0.3 is 5.11 Å². The summed E-state index contributed by atoms with van der Waals surface area (Å²) in [6.07, 6.45) is -0.560. The van der Waals surface area contributed by atoms with Crippen molar-refractivity contribution in [1.29, 1.82) is 0 Å². The van der Waals surface area contributed by atoms with Crippen molar-refractivity contribution in [3.8, 4) is 0 Å². The Morgan fingerprint density at radius 1 is 1.04 bits per heavy atom. The van der Waals surface area contributed by atoms with Crippen LogP contribution in [-0.2, 0) is 9.73 Å². The number of hydrogen-bond donors (Lipinski definition) is 1. The van der Waals surface area contributed by atoms with Crippen molar-refractivity contribution in [2.24, 2.45) is 10.3 Å². The maximum Gasteiger partial charge on any atom is 0.0966 e. The average molecular weight is 358 g/mol. The maximum absolute atomic E-state index is 13.4. The van der Waals surface area contributed by atoms with E-state index in [4.69, 9.17) is 0 Å². The van der Waals surface area contributed by atoms with Crippen molar-refractivity contribution >= 4 is 9.73 Å². The molecule has 0 aliphatic rings. The minimum absolute atomic E-state index is 0.0832. The van der Waals surface area contributed by atoms with Crippen LogP contribution >= 0.6 is 0 Å². The fraction of sp³-hybridized carbons (Fsp3) is 0.333. The number of benzene rings is 2. The number of nitrogens with zero attached hydrogens (tertiary/aromatic N) is 1. The van der Waals surface area contributed by atoms with Crippen LogP contribution in [0.1, 0.15) is 32.3 Å². The fourth-order valence-electron chi connectivity index (χ4n) is 2.94. The van der Waals surface area contributed by atoms with Gasteiger partial charge in [-0.15, -0.1) is 0 Å². The Balaban J connectivity index is 2.54. The first-order chi connectivity index (χ1) is 11.9. The summed E-state index contributed by atoms with van der Waals surface area (Å²) < 4.78 is 17.5. The van der Waals surface area contributed by atoms with Crippen molar-refractivity contribution in [2.75, 3.05) is 7.05 Å². The molecule has 25 heavy (non-hydrogen) atoms. The number of aliphatic hydroxyl groups excluding tert-OH is 1.